The second-order valence-corrected chi connectivity index (χ2v) is 3.82. The van der Waals surface area contributed by atoms with E-state index >= 15 is 0 Å². The van der Waals surface area contributed by atoms with Crippen LogP contribution in [0.4, 0.5) is 0 Å². The Kier molecular flexibility index (Phi) is 3.57. The number of hydrogen-bond acceptors (Lipinski definition) is 1. The summed E-state index contributed by atoms with van der Waals surface area (Å²) < 4.78 is 0. The second-order valence-electron chi connectivity index (χ2n) is 3.82. The zero-order valence-corrected chi connectivity index (χ0v) is 8.51. The lowest BCUT2D eigenvalue weighted by Gasteiger charge is -2.28. The molecule has 0 N–H and O–H groups in total. The number of nitrogens with zero attached hydrogens (tertiary/aromatic N) is 2. The minimum atomic E-state index is 0.437. The minimum Gasteiger partial charge on any atom is -0.361 e. The standard InChI is InChI=1S/C10H20N2/c1-9(2)11-10(3)12-7-5-4-6-8-12/h9H,4-8H2,1-3H3. The Morgan fingerprint density at radius 2 is 1.75 bits per heavy atom. The highest BCUT2D eigenvalue weighted by molar-refractivity contribution is 5.79. The maximum atomic E-state index is 4.54. The third-order valence-corrected chi connectivity index (χ3v) is 2.26. The molecule has 1 heterocycles. The highest BCUT2D eigenvalue weighted by Gasteiger charge is 2.10. The maximum Gasteiger partial charge on any atom is 0.0960 e. The lowest BCUT2D eigenvalue weighted by Crippen LogP contribution is -2.34. The van der Waals surface area contributed by atoms with Crippen LogP contribution < -0.4 is 0 Å². The SMILES string of the molecule is CC(=NC(C)C)N1CCCCC1. The van der Waals surface area contributed by atoms with E-state index < -0.39 is 0 Å². The van der Waals surface area contributed by atoms with E-state index in [0.29, 0.717) is 6.04 Å². The van der Waals surface area contributed by atoms with E-state index in [1.807, 2.05) is 0 Å². The van der Waals surface area contributed by atoms with Gasteiger partial charge in [-0.05, 0) is 40.0 Å². The van der Waals surface area contributed by atoms with Crippen molar-refractivity contribution in [3.8, 4) is 0 Å². The Balaban J connectivity index is 2.44. The summed E-state index contributed by atoms with van der Waals surface area (Å²) in [5.74, 6) is 1.23. The van der Waals surface area contributed by atoms with Crippen LogP contribution >= 0.6 is 0 Å². The van der Waals surface area contributed by atoms with Gasteiger partial charge in [0.2, 0.25) is 0 Å². The van der Waals surface area contributed by atoms with Crippen LogP contribution in [0.15, 0.2) is 4.99 Å². The quantitative estimate of drug-likeness (QED) is 0.433. The van der Waals surface area contributed by atoms with Gasteiger partial charge in [-0.3, -0.25) is 4.99 Å². The summed E-state index contributed by atoms with van der Waals surface area (Å²) >= 11 is 0. The molecule has 0 aromatic rings. The molecule has 1 fully saturated rings. The van der Waals surface area contributed by atoms with Crippen LogP contribution in [0.5, 0.6) is 0 Å². The van der Waals surface area contributed by atoms with Crippen LogP contribution in [0.25, 0.3) is 0 Å². The molecule has 0 bridgehead atoms. The van der Waals surface area contributed by atoms with Gasteiger partial charge in [-0.25, -0.2) is 0 Å². The van der Waals surface area contributed by atoms with Crippen molar-refractivity contribution in [3.63, 3.8) is 0 Å². The molecule has 0 spiro atoms. The molecule has 1 saturated heterocycles. The van der Waals surface area contributed by atoms with E-state index in [9.17, 15) is 0 Å². The Hall–Kier alpha value is -0.530. The first-order chi connectivity index (χ1) is 5.70. The van der Waals surface area contributed by atoms with Crippen molar-refractivity contribution in [3.05, 3.63) is 0 Å². The zero-order valence-electron chi connectivity index (χ0n) is 8.51. The van der Waals surface area contributed by atoms with Crippen LogP contribution in [-0.4, -0.2) is 29.9 Å². The number of amidine groups is 1. The van der Waals surface area contributed by atoms with E-state index in [2.05, 4.69) is 30.7 Å². The molecule has 2 heteroatoms. The second kappa shape index (κ2) is 4.48. The Labute approximate surface area is 75.7 Å². The molecular weight excluding hydrogens is 148 g/mol. The van der Waals surface area contributed by atoms with Crippen molar-refractivity contribution in [2.75, 3.05) is 13.1 Å². The van der Waals surface area contributed by atoms with E-state index in [0.717, 1.165) is 0 Å². The van der Waals surface area contributed by atoms with Crippen LogP contribution in [0.2, 0.25) is 0 Å². The smallest absolute Gasteiger partial charge is 0.0960 e. The predicted octanol–water partition coefficient (Wildman–Crippen LogP) is 2.30. The number of aliphatic imine (C=N–C) groups is 1. The van der Waals surface area contributed by atoms with E-state index in [1.54, 1.807) is 0 Å². The molecule has 1 aliphatic heterocycles. The molecular formula is C10H20N2. The first-order valence-electron chi connectivity index (χ1n) is 4.99. The molecule has 0 aliphatic carbocycles. The molecule has 70 valence electrons. The van der Waals surface area contributed by atoms with Crippen LogP contribution in [-0.2, 0) is 0 Å². The van der Waals surface area contributed by atoms with Crippen LogP contribution in [0, 0.1) is 0 Å². The summed E-state index contributed by atoms with van der Waals surface area (Å²) in [6, 6.07) is 0.437. The van der Waals surface area contributed by atoms with Gasteiger partial charge < -0.3 is 4.90 Å². The monoisotopic (exact) mass is 168 g/mol. The summed E-state index contributed by atoms with van der Waals surface area (Å²) in [7, 11) is 0. The van der Waals surface area contributed by atoms with Crippen molar-refractivity contribution < 1.29 is 0 Å². The van der Waals surface area contributed by atoms with Gasteiger partial charge in [0, 0.05) is 19.1 Å². The van der Waals surface area contributed by atoms with Gasteiger partial charge >= 0.3 is 0 Å². The number of hydrogen-bond donors (Lipinski definition) is 0. The number of likely N-dealkylation sites (tertiary alicyclic amines) is 1. The highest BCUT2D eigenvalue weighted by Crippen LogP contribution is 2.09. The molecule has 0 aromatic carbocycles. The van der Waals surface area contributed by atoms with E-state index in [1.165, 1.54) is 38.2 Å². The van der Waals surface area contributed by atoms with E-state index in [-0.39, 0.29) is 0 Å². The number of rotatable bonds is 1. The van der Waals surface area contributed by atoms with E-state index in [4.69, 9.17) is 0 Å². The zero-order chi connectivity index (χ0) is 8.97. The van der Waals surface area contributed by atoms with Gasteiger partial charge in [0.1, 0.15) is 0 Å². The van der Waals surface area contributed by atoms with Crippen molar-refractivity contribution in [1.82, 2.24) is 4.90 Å². The first-order valence-corrected chi connectivity index (χ1v) is 4.99. The molecule has 1 aliphatic rings. The molecule has 2 nitrogen and oxygen atoms in total. The van der Waals surface area contributed by atoms with Gasteiger partial charge in [0.25, 0.3) is 0 Å². The topological polar surface area (TPSA) is 15.6 Å². The van der Waals surface area contributed by atoms with Gasteiger partial charge in [0.05, 0.1) is 5.84 Å². The van der Waals surface area contributed by atoms with Gasteiger partial charge in [0.15, 0.2) is 0 Å². The van der Waals surface area contributed by atoms with Crippen molar-refractivity contribution in [2.24, 2.45) is 4.99 Å². The summed E-state index contributed by atoms with van der Waals surface area (Å²) in [4.78, 5) is 6.95. The van der Waals surface area contributed by atoms with Gasteiger partial charge in [-0.2, -0.15) is 0 Å². The summed E-state index contributed by atoms with van der Waals surface area (Å²) in [5.41, 5.74) is 0. The minimum absolute atomic E-state index is 0.437. The van der Waals surface area contributed by atoms with Crippen LogP contribution in [0.1, 0.15) is 40.0 Å². The number of piperidine rings is 1. The highest BCUT2D eigenvalue weighted by atomic mass is 15.2. The molecule has 0 amide bonds. The summed E-state index contributed by atoms with van der Waals surface area (Å²) in [5, 5.41) is 0. The Morgan fingerprint density at radius 1 is 1.17 bits per heavy atom. The van der Waals surface area contributed by atoms with Crippen molar-refractivity contribution in [2.45, 2.75) is 46.1 Å². The largest absolute Gasteiger partial charge is 0.361 e. The molecule has 0 saturated carbocycles. The Bertz CT molecular complexity index is 155. The molecule has 1 rings (SSSR count). The summed E-state index contributed by atoms with van der Waals surface area (Å²) in [6.07, 6.45) is 4.07. The fourth-order valence-corrected chi connectivity index (χ4v) is 1.67. The predicted molar refractivity (Wildman–Crippen MR) is 53.7 cm³/mol. The van der Waals surface area contributed by atoms with Crippen molar-refractivity contribution >= 4 is 5.84 Å². The molecule has 0 aromatic heterocycles. The molecule has 12 heavy (non-hydrogen) atoms. The average Bonchev–Trinajstić information content (AvgIpc) is 2.05. The molecule has 0 unspecified atom stereocenters. The first kappa shape index (κ1) is 9.56. The average molecular weight is 168 g/mol. The Morgan fingerprint density at radius 3 is 2.25 bits per heavy atom. The normalized spacial score (nSPS) is 20.3. The third-order valence-electron chi connectivity index (χ3n) is 2.26. The van der Waals surface area contributed by atoms with Gasteiger partial charge in [-0.15, -0.1) is 0 Å². The lowest BCUT2D eigenvalue weighted by molar-refractivity contribution is 0.339. The lowest BCUT2D eigenvalue weighted by atomic mass is 10.1. The third kappa shape index (κ3) is 2.84. The molecule has 0 atom stereocenters. The van der Waals surface area contributed by atoms with Crippen molar-refractivity contribution in [1.29, 1.82) is 0 Å². The fourth-order valence-electron chi connectivity index (χ4n) is 1.67. The van der Waals surface area contributed by atoms with Crippen LogP contribution in [0.3, 0.4) is 0 Å². The molecule has 0 radical (unpaired) electrons. The van der Waals surface area contributed by atoms with Gasteiger partial charge in [-0.1, -0.05) is 0 Å². The summed E-state index contributed by atoms with van der Waals surface area (Å²) in [6.45, 7) is 8.82. The maximum absolute atomic E-state index is 4.54. The fraction of sp³-hybridized carbons (Fsp3) is 0.900.